The molecule has 104 valence electrons. The van der Waals surface area contributed by atoms with Gasteiger partial charge < -0.3 is 14.8 Å². The average Bonchev–Trinajstić information content (AvgIpc) is 3.18. The Bertz CT molecular complexity index is 460. The summed E-state index contributed by atoms with van der Waals surface area (Å²) in [5.41, 5.74) is 0.805. The number of halogens is 1. The predicted octanol–water partition coefficient (Wildman–Crippen LogP) is 2.02. The SMILES string of the molecule is COC(=O)C(C)Oc1cc(F)cc(CNC2CC2)c1. The van der Waals surface area contributed by atoms with Gasteiger partial charge >= 0.3 is 5.97 Å². The number of nitrogens with one attached hydrogen (secondary N) is 1. The van der Waals surface area contributed by atoms with Crippen LogP contribution in [0.2, 0.25) is 0 Å². The highest BCUT2D eigenvalue weighted by atomic mass is 19.1. The number of esters is 1. The van der Waals surface area contributed by atoms with Crippen LogP contribution in [0.15, 0.2) is 18.2 Å². The van der Waals surface area contributed by atoms with Gasteiger partial charge in [-0.05, 0) is 37.5 Å². The zero-order valence-corrected chi connectivity index (χ0v) is 11.1. The number of carbonyl (C=O) groups is 1. The molecule has 1 aliphatic rings. The smallest absolute Gasteiger partial charge is 0.346 e. The second-order valence-corrected chi connectivity index (χ2v) is 4.73. The molecule has 1 atom stereocenters. The van der Waals surface area contributed by atoms with E-state index in [-0.39, 0.29) is 5.82 Å². The van der Waals surface area contributed by atoms with Crippen molar-refractivity contribution in [3.63, 3.8) is 0 Å². The molecule has 0 saturated heterocycles. The van der Waals surface area contributed by atoms with Gasteiger partial charge in [-0.15, -0.1) is 0 Å². The molecule has 0 amide bonds. The Morgan fingerprint density at radius 2 is 2.21 bits per heavy atom. The van der Waals surface area contributed by atoms with Crippen molar-refractivity contribution in [2.24, 2.45) is 0 Å². The third kappa shape index (κ3) is 4.21. The van der Waals surface area contributed by atoms with E-state index >= 15 is 0 Å². The third-order valence-corrected chi connectivity index (χ3v) is 2.95. The van der Waals surface area contributed by atoms with Crippen LogP contribution in [-0.2, 0) is 16.1 Å². The molecule has 0 bridgehead atoms. The monoisotopic (exact) mass is 267 g/mol. The first kappa shape index (κ1) is 13.8. The summed E-state index contributed by atoms with van der Waals surface area (Å²) in [6, 6.07) is 5.02. The van der Waals surface area contributed by atoms with E-state index in [4.69, 9.17) is 4.74 Å². The van der Waals surface area contributed by atoms with Crippen LogP contribution >= 0.6 is 0 Å². The summed E-state index contributed by atoms with van der Waals surface area (Å²) in [5, 5.41) is 3.30. The number of hydrogen-bond donors (Lipinski definition) is 1. The highest BCUT2D eigenvalue weighted by molar-refractivity contribution is 5.74. The molecule has 1 N–H and O–H groups in total. The summed E-state index contributed by atoms with van der Waals surface area (Å²) < 4.78 is 23.4. The number of ether oxygens (including phenoxy) is 2. The fraction of sp³-hybridized carbons (Fsp3) is 0.500. The van der Waals surface area contributed by atoms with E-state index in [1.807, 2.05) is 0 Å². The Morgan fingerprint density at radius 1 is 1.47 bits per heavy atom. The van der Waals surface area contributed by atoms with E-state index in [2.05, 4.69) is 10.1 Å². The first-order valence-electron chi connectivity index (χ1n) is 6.36. The van der Waals surface area contributed by atoms with E-state index < -0.39 is 12.1 Å². The summed E-state index contributed by atoms with van der Waals surface area (Å²) >= 11 is 0. The molecule has 1 saturated carbocycles. The Hall–Kier alpha value is -1.62. The van der Waals surface area contributed by atoms with E-state index in [1.54, 1.807) is 13.0 Å². The Balaban J connectivity index is 2.00. The van der Waals surface area contributed by atoms with Gasteiger partial charge in [-0.25, -0.2) is 9.18 Å². The van der Waals surface area contributed by atoms with Crippen LogP contribution in [0.25, 0.3) is 0 Å². The third-order valence-electron chi connectivity index (χ3n) is 2.95. The van der Waals surface area contributed by atoms with Crippen molar-refractivity contribution >= 4 is 5.97 Å². The fourth-order valence-corrected chi connectivity index (χ4v) is 1.76. The van der Waals surface area contributed by atoms with Crippen LogP contribution in [0.4, 0.5) is 4.39 Å². The zero-order chi connectivity index (χ0) is 13.8. The molecule has 1 fully saturated rings. The van der Waals surface area contributed by atoms with Crippen molar-refractivity contribution < 1.29 is 18.7 Å². The van der Waals surface area contributed by atoms with Gasteiger partial charge in [0, 0.05) is 18.7 Å². The Labute approximate surface area is 111 Å². The molecule has 0 radical (unpaired) electrons. The van der Waals surface area contributed by atoms with Crippen molar-refractivity contribution in [2.75, 3.05) is 7.11 Å². The van der Waals surface area contributed by atoms with Crippen LogP contribution in [0.1, 0.15) is 25.3 Å². The number of rotatable bonds is 6. The lowest BCUT2D eigenvalue weighted by molar-refractivity contribution is -0.147. The topological polar surface area (TPSA) is 47.6 Å². The van der Waals surface area contributed by atoms with Gasteiger partial charge in [-0.2, -0.15) is 0 Å². The quantitative estimate of drug-likeness (QED) is 0.801. The molecular formula is C14H18FNO3. The summed E-state index contributed by atoms with van der Waals surface area (Å²) in [6.45, 7) is 2.17. The van der Waals surface area contributed by atoms with E-state index in [0.717, 1.165) is 5.56 Å². The van der Waals surface area contributed by atoms with Crippen LogP contribution < -0.4 is 10.1 Å². The Kier molecular flexibility index (Phi) is 4.37. The van der Waals surface area contributed by atoms with Crippen molar-refractivity contribution in [3.05, 3.63) is 29.6 Å². The maximum absolute atomic E-state index is 13.5. The molecule has 1 aromatic rings. The molecule has 0 spiro atoms. The number of carbonyl (C=O) groups excluding carboxylic acids is 1. The molecule has 1 aromatic carbocycles. The molecule has 5 heteroatoms. The van der Waals surface area contributed by atoms with E-state index in [0.29, 0.717) is 18.3 Å². The summed E-state index contributed by atoms with van der Waals surface area (Å²) in [6.07, 6.45) is 1.60. The highest BCUT2D eigenvalue weighted by Crippen LogP contribution is 2.21. The van der Waals surface area contributed by atoms with Crippen LogP contribution in [-0.4, -0.2) is 25.2 Å². The molecule has 19 heavy (non-hydrogen) atoms. The molecule has 1 unspecified atom stereocenters. The molecular weight excluding hydrogens is 249 g/mol. The minimum absolute atomic E-state index is 0.338. The van der Waals surface area contributed by atoms with Gasteiger partial charge in [0.15, 0.2) is 6.10 Å². The molecule has 0 heterocycles. The molecule has 2 rings (SSSR count). The first-order valence-corrected chi connectivity index (χ1v) is 6.36. The summed E-state index contributed by atoms with van der Waals surface area (Å²) in [5.74, 6) is -0.519. The maximum atomic E-state index is 13.5. The number of hydrogen-bond acceptors (Lipinski definition) is 4. The van der Waals surface area contributed by atoms with Crippen LogP contribution in [0.5, 0.6) is 5.75 Å². The number of benzene rings is 1. The number of methoxy groups -OCH3 is 1. The van der Waals surface area contributed by atoms with Gasteiger partial charge in [0.1, 0.15) is 11.6 Å². The molecule has 1 aliphatic carbocycles. The van der Waals surface area contributed by atoms with Crippen molar-refractivity contribution in [3.8, 4) is 5.75 Å². The van der Waals surface area contributed by atoms with Crippen molar-refractivity contribution in [2.45, 2.75) is 38.5 Å². The van der Waals surface area contributed by atoms with Crippen molar-refractivity contribution in [1.82, 2.24) is 5.32 Å². The minimum Gasteiger partial charge on any atom is -0.479 e. The predicted molar refractivity (Wildman–Crippen MR) is 68.4 cm³/mol. The summed E-state index contributed by atoms with van der Waals surface area (Å²) in [7, 11) is 1.29. The normalized spacial score (nSPS) is 15.9. The average molecular weight is 267 g/mol. The van der Waals surface area contributed by atoms with Gasteiger partial charge in [-0.3, -0.25) is 0 Å². The highest BCUT2D eigenvalue weighted by Gasteiger charge is 2.20. The molecule has 0 aromatic heterocycles. The van der Waals surface area contributed by atoms with E-state index in [1.165, 1.54) is 32.1 Å². The second-order valence-electron chi connectivity index (χ2n) is 4.73. The standard InChI is InChI=1S/C14H18FNO3/c1-9(14(17)18-2)19-13-6-10(5-11(15)7-13)8-16-12-3-4-12/h5-7,9,12,16H,3-4,8H2,1-2H3. The second kappa shape index (κ2) is 6.02. The lowest BCUT2D eigenvalue weighted by Gasteiger charge is -2.13. The largest absolute Gasteiger partial charge is 0.479 e. The van der Waals surface area contributed by atoms with Crippen LogP contribution in [0, 0.1) is 5.82 Å². The van der Waals surface area contributed by atoms with Crippen LogP contribution in [0.3, 0.4) is 0 Å². The van der Waals surface area contributed by atoms with E-state index in [9.17, 15) is 9.18 Å². The van der Waals surface area contributed by atoms with Crippen molar-refractivity contribution in [1.29, 1.82) is 0 Å². The minimum atomic E-state index is -0.754. The van der Waals surface area contributed by atoms with Gasteiger partial charge in [0.05, 0.1) is 7.11 Å². The van der Waals surface area contributed by atoms with Gasteiger partial charge in [-0.1, -0.05) is 0 Å². The lowest BCUT2D eigenvalue weighted by atomic mass is 10.2. The van der Waals surface area contributed by atoms with Gasteiger partial charge in [0.25, 0.3) is 0 Å². The lowest BCUT2D eigenvalue weighted by Crippen LogP contribution is -2.25. The Morgan fingerprint density at radius 3 is 2.84 bits per heavy atom. The maximum Gasteiger partial charge on any atom is 0.346 e. The molecule has 4 nitrogen and oxygen atoms in total. The fourth-order valence-electron chi connectivity index (χ4n) is 1.76. The van der Waals surface area contributed by atoms with Gasteiger partial charge in [0.2, 0.25) is 0 Å². The zero-order valence-electron chi connectivity index (χ0n) is 11.1. The first-order chi connectivity index (χ1) is 9.08. The summed E-state index contributed by atoms with van der Waals surface area (Å²) in [4.78, 5) is 11.3. The molecule has 0 aliphatic heterocycles.